The largest absolute Gasteiger partial charge is 0.445 e. The Morgan fingerprint density at radius 1 is 1.11 bits per heavy atom. The average molecular weight is 378 g/mol. The van der Waals surface area contributed by atoms with Crippen molar-refractivity contribution in [1.29, 1.82) is 0 Å². The lowest BCUT2D eigenvalue weighted by atomic mass is 9.76. The van der Waals surface area contributed by atoms with Gasteiger partial charge < -0.3 is 9.64 Å². The van der Waals surface area contributed by atoms with Crippen LogP contribution in [0.25, 0.3) is 0 Å². The van der Waals surface area contributed by atoms with E-state index >= 15 is 0 Å². The molecule has 5 nitrogen and oxygen atoms in total. The van der Waals surface area contributed by atoms with E-state index in [1.807, 2.05) is 54.3 Å². The van der Waals surface area contributed by atoms with Crippen molar-refractivity contribution in [2.75, 3.05) is 0 Å². The number of aryl methyl sites for hydroxylation is 1. The summed E-state index contributed by atoms with van der Waals surface area (Å²) >= 11 is 0. The maximum absolute atomic E-state index is 13.0. The smallest absolute Gasteiger partial charge is 0.410 e. The fourth-order valence-electron chi connectivity index (χ4n) is 4.57. The summed E-state index contributed by atoms with van der Waals surface area (Å²) in [5.41, 5.74) is 2.57. The number of ether oxygens (including phenoxy) is 1. The molecule has 0 radical (unpaired) electrons. The maximum Gasteiger partial charge on any atom is 0.410 e. The van der Waals surface area contributed by atoms with Gasteiger partial charge in [-0.1, -0.05) is 30.3 Å². The predicted molar refractivity (Wildman–Crippen MR) is 106 cm³/mol. The number of piperidine rings is 2. The second-order valence-corrected chi connectivity index (χ2v) is 7.94. The number of amides is 1. The van der Waals surface area contributed by atoms with Crippen LogP contribution in [0.4, 0.5) is 4.79 Å². The molecule has 2 aromatic rings. The van der Waals surface area contributed by atoms with Crippen LogP contribution < -0.4 is 0 Å². The third-order valence-corrected chi connectivity index (χ3v) is 5.93. The maximum atomic E-state index is 13.0. The van der Waals surface area contributed by atoms with Crippen molar-refractivity contribution >= 4 is 11.9 Å². The first-order valence-corrected chi connectivity index (χ1v) is 10.1. The number of pyridine rings is 1. The van der Waals surface area contributed by atoms with E-state index in [1.165, 1.54) is 0 Å². The van der Waals surface area contributed by atoms with E-state index < -0.39 is 0 Å². The van der Waals surface area contributed by atoms with E-state index in [0.717, 1.165) is 30.4 Å². The number of ketones is 1. The van der Waals surface area contributed by atoms with Crippen molar-refractivity contribution in [2.24, 2.45) is 5.92 Å². The third-order valence-electron chi connectivity index (χ3n) is 5.93. The van der Waals surface area contributed by atoms with Gasteiger partial charge in [0.25, 0.3) is 0 Å². The fraction of sp³-hybridized carbons (Fsp3) is 0.435. The zero-order chi connectivity index (χ0) is 19.5. The van der Waals surface area contributed by atoms with Crippen LogP contribution in [-0.2, 0) is 11.3 Å². The lowest BCUT2D eigenvalue weighted by molar-refractivity contribution is 0.00463. The number of rotatable bonds is 4. The Hall–Kier alpha value is -2.69. The number of carbonyl (C=O) groups excluding carboxylic acids is 2. The second-order valence-electron chi connectivity index (χ2n) is 7.94. The first-order valence-electron chi connectivity index (χ1n) is 10.1. The lowest BCUT2D eigenvalue weighted by Crippen LogP contribution is -2.55. The molecule has 2 saturated heterocycles. The first-order chi connectivity index (χ1) is 13.6. The summed E-state index contributed by atoms with van der Waals surface area (Å²) in [4.78, 5) is 31.9. The van der Waals surface area contributed by atoms with Crippen molar-refractivity contribution in [3.63, 3.8) is 0 Å². The minimum atomic E-state index is -0.252. The molecule has 0 aliphatic carbocycles. The van der Waals surface area contributed by atoms with E-state index in [2.05, 4.69) is 4.98 Å². The van der Waals surface area contributed by atoms with Gasteiger partial charge in [-0.05, 0) is 62.3 Å². The second kappa shape index (κ2) is 8.13. The van der Waals surface area contributed by atoms with Gasteiger partial charge in [-0.2, -0.15) is 0 Å². The number of fused-ring (bicyclic) bond motifs is 2. The molecule has 2 fully saturated rings. The molecule has 0 N–H and O–H groups in total. The van der Waals surface area contributed by atoms with Gasteiger partial charge in [-0.3, -0.25) is 9.78 Å². The molecule has 2 unspecified atom stereocenters. The van der Waals surface area contributed by atoms with Crippen molar-refractivity contribution in [2.45, 2.75) is 57.7 Å². The Balaban J connectivity index is 1.43. The first kappa shape index (κ1) is 18.7. The number of hydrogen-bond donors (Lipinski definition) is 0. The molecule has 0 saturated carbocycles. The summed E-state index contributed by atoms with van der Waals surface area (Å²) in [6.07, 6.45) is 5.81. The quantitative estimate of drug-likeness (QED) is 0.733. The molecule has 2 aliphatic rings. The zero-order valence-electron chi connectivity index (χ0n) is 16.2. The van der Waals surface area contributed by atoms with Crippen LogP contribution in [0, 0.1) is 12.8 Å². The monoisotopic (exact) mass is 378 g/mol. The Kier molecular flexibility index (Phi) is 5.42. The van der Waals surface area contributed by atoms with E-state index in [4.69, 9.17) is 4.74 Å². The third kappa shape index (κ3) is 3.93. The molecule has 146 valence electrons. The molecule has 28 heavy (non-hydrogen) atoms. The van der Waals surface area contributed by atoms with Crippen LogP contribution in [0.3, 0.4) is 0 Å². The Morgan fingerprint density at radius 3 is 2.50 bits per heavy atom. The summed E-state index contributed by atoms with van der Waals surface area (Å²) in [6, 6.07) is 13.6. The van der Waals surface area contributed by atoms with Crippen LogP contribution in [0.2, 0.25) is 0 Å². The van der Waals surface area contributed by atoms with Crippen LogP contribution in [0.5, 0.6) is 0 Å². The summed E-state index contributed by atoms with van der Waals surface area (Å²) < 4.78 is 5.59. The molecular formula is C23H26N2O3. The van der Waals surface area contributed by atoms with Crippen LogP contribution in [0.15, 0.2) is 48.7 Å². The number of aromatic nitrogens is 1. The van der Waals surface area contributed by atoms with Gasteiger partial charge in [0.15, 0.2) is 5.78 Å². The normalized spacial score (nSPS) is 23.9. The summed E-state index contributed by atoms with van der Waals surface area (Å²) in [7, 11) is 0. The average Bonchev–Trinajstić information content (AvgIpc) is 2.71. The van der Waals surface area contributed by atoms with Crippen molar-refractivity contribution < 1.29 is 14.3 Å². The molecule has 1 amide bonds. The van der Waals surface area contributed by atoms with Crippen LogP contribution >= 0.6 is 0 Å². The number of hydrogen-bond acceptors (Lipinski definition) is 4. The fourth-order valence-corrected chi connectivity index (χ4v) is 4.57. The van der Waals surface area contributed by atoms with Crippen molar-refractivity contribution in [3.05, 3.63) is 65.5 Å². The Morgan fingerprint density at radius 2 is 1.82 bits per heavy atom. The van der Waals surface area contributed by atoms with Gasteiger partial charge in [0.2, 0.25) is 0 Å². The van der Waals surface area contributed by atoms with Gasteiger partial charge in [-0.15, -0.1) is 0 Å². The molecule has 3 heterocycles. The highest BCUT2D eigenvalue weighted by atomic mass is 16.6. The van der Waals surface area contributed by atoms with Crippen molar-refractivity contribution in [3.8, 4) is 0 Å². The molecule has 5 heteroatoms. The number of Topliss-reactive ketones (excluding diaryl/α,β-unsaturated/α-hetero) is 1. The number of benzene rings is 1. The van der Waals surface area contributed by atoms with E-state index in [0.29, 0.717) is 18.5 Å². The van der Waals surface area contributed by atoms with Crippen LogP contribution in [-0.4, -0.2) is 33.8 Å². The lowest BCUT2D eigenvalue weighted by Gasteiger charge is -2.47. The topological polar surface area (TPSA) is 59.5 Å². The summed E-state index contributed by atoms with van der Waals surface area (Å²) in [6.45, 7) is 2.25. The summed E-state index contributed by atoms with van der Waals surface area (Å²) in [5, 5.41) is 0. The number of nitrogens with zero attached hydrogens (tertiary/aromatic N) is 2. The minimum Gasteiger partial charge on any atom is -0.445 e. The van der Waals surface area contributed by atoms with Gasteiger partial charge in [0, 0.05) is 24.2 Å². The molecule has 4 rings (SSSR count). The van der Waals surface area contributed by atoms with Gasteiger partial charge in [0.05, 0.1) is 0 Å². The molecule has 2 bridgehead atoms. The van der Waals surface area contributed by atoms with Gasteiger partial charge >= 0.3 is 6.09 Å². The highest BCUT2D eigenvalue weighted by Gasteiger charge is 2.43. The molecule has 1 aromatic heterocycles. The molecule has 2 aliphatic heterocycles. The molecular weight excluding hydrogens is 352 g/mol. The van der Waals surface area contributed by atoms with E-state index in [1.54, 1.807) is 6.20 Å². The highest BCUT2D eigenvalue weighted by molar-refractivity contribution is 5.96. The Bertz CT molecular complexity index is 838. The summed E-state index contributed by atoms with van der Waals surface area (Å²) in [5.74, 6) is 0.0423. The van der Waals surface area contributed by atoms with Gasteiger partial charge in [-0.25, -0.2) is 4.79 Å². The minimum absolute atomic E-state index is 0.0669. The van der Waals surface area contributed by atoms with Gasteiger partial charge in [0.1, 0.15) is 12.3 Å². The molecule has 1 aromatic carbocycles. The molecule has 0 spiro atoms. The van der Waals surface area contributed by atoms with E-state index in [-0.39, 0.29) is 36.5 Å². The predicted octanol–water partition coefficient (Wildman–Crippen LogP) is 4.54. The van der Waals surface area contributed by atoms with Crippen molar-refractivity contribution in [1.82, 2.24) is 9.88 Å². The molecule has 2 atom stereocenters. The SMILES string of the molecule is Cc1ccnc(C(=O)C2CC3CCCC(C2)N3C(=O)OCc2ccccc2)c1. The highest BCUT2D eigenvalue weighted by Crippen LogP contribution is 2.38. The number of carbonyl (C=O) groups is 2. The zero-order valence-corrected chi connectivity index (χ0v) is 16.2. The van der Waals surface area contributed by atoms with E-state index in [9.17, 15) is 9.59 Å². The Labute approximate surface area is 165 Å². The van der Waals surface area contributed by atoms with Crippen LogP contribution in [0.1, 0.15) is 53.7 Å². The standard InChI is InChI=1S/C23H26N2O3/c1-16-10-11-24-21(12-16)22(26)18-13-19-8-5-9-20(14-18)25(19)23(27)28-15-17-6-3-2-4-7-17/h2-4,6-7,10-12,18-20H,5,8-9,13-15H2,1H3.